The number of aromatic carboxylic acids is 1. The Labute approximate surface area is 191 Å². The normalized spacial score (nSPS) is 14.0. The molecule has 0 radical (unpaired) electrons. The molecule has 0 spiro atoms. The van der Waals surface area contributed by atoms with Crippen molar-refractivity contribution in [3.8, 4) is 11.4 Å². The monoisotopic (exact) mass is 439 g/mol. The number of fused-ring (bicyclic) bond motifs is 1. The fraction of sp³-hybridized carbons (Fsp3) is 0.222. The van der Waals surface area contributed by atoms with E-state index in [0.29, 0.717) is 17.1 Å². The van der Waals surface area contributed by atoms with Gasteiger partial charge in [0.05, 0.1) is 16.6 Å². The molecule has 1 fully saturated rings. The first-order valence-electron chi connectivity index (χ1n) is 11.2. The Morgan fingerprint density at radius 1 is 0.939 bits per heavy atom. The number of carboxylic acids is 1. The number of anilines is 1. The Kier molecular flexibility index (Phi) is 5.42. The molecule has 1 amide bonds. The highest BCUT2D eigenvalue weighted by molar-refractivity contribution is 6.04. The molecule has 4 aromatic rings. The molecular weight excluding hydrogens is 414 g/mol. The fourth-order valence-electron chi connectivity index (χ4n) is 4.58. The van der Waals surface area contributed by atoms with Crippen LogP contribution in [-0.4, -0.2) is 26.5 Å². The number of hydrogen-bond acceptors (Lipinski definition) is 3. The average molecular weight is 440 g/mol. The van der Waals surface area contributed by atoms with Gasteiger partial charge in [-0.15, -0.1) is 0 Å². The van der Waals surface area contributed by atoms with Crippen molar-refractivity contribution < 1.29 is 14.7 Å². The van der Waals surface area contributed by atoms with E-state index in [-0.39, 0.29) is 11.5 Å². The summed E-state index contributed by atoms with van der Waals surface area (Å²) in [5.41, 5.74) is 5.22. The molecule has 0 bridgehead atoms. The SMILES string of the molecule is Cc1ccc(NC(=O)c2ccc(-c3nc4cc(C(=O)O)ccc4n3C3CCCC3)cc2)cc1. The number of aromatic nitrogens is 2. The maximum atomic E-state index is 12.7. The van der Waals surface area contributed by atoms with Crippen LogP contribution in [0.2, 0.25) is 0 Å². The number of aryl methyl sites for hydroxylation is 1. The highest BCUT2D eigenvalue weighted by Crippen LogP contribution is 2.37. The molecule has 5 rings (SSSR count). The molecule has 1 saturated carbocycles. The topological polar surface area (TPSA) is 84.2 Å². The molecule has 1 heterocycles. The minimum atomic E-state index is -0.960. The van der Waals surface area contributed by atoms with Crippen molar-refractivity contribution in [2.75, 3.05) is 5.32 Å². The van der Waals surface area contributed by atoms with Gasteiger partial charge < -0.3 is 15.0 Å². The summed E-state index contributed by atoms with van der Waals surface area (Å²) in [6.07, 6.45) is 4.51. The fourth-order valence-corrected chi connectivity index (χ4v) is 4.58. The predicted molar refractivity (Wildman–Crippen MR) is 129 cm³/mol. The minimum Gasteiger partial charge on any atom is -0.478 e. The number of imidazole rings is 1. The lowest BCUT2D eigenvalue weighted by Gasteiger charge is -2.16. The zero-order chi connectivity index (χ0) is 22.9. The van der Waals surface area contributed by atoms with E-state index in [1.165, 1.54) is 12.8 Å². The number of hydrogen-bond donors (Lipinski definition) is 2. The van der Waals surface area contributed by atoms with E-state index in [0.717, 1.165) is 41.0 Å². The zero-order valence-corrected chi connectivity index (χ0v) is 18.4. The average Bonchev–Trinajstić information content (AvgIpc) is 3.47. The number of carbonyl (C=O) groups excluding carboxylic acids is 1. The number of nitrogens with zero attached hydrogens (tertiary/aromatic N) is 2. The Balaban J connectivity index is 1.49. The maximum absolute atomic E-state index is 12.7. The van der Waals surface area contributed by atoms with Gasteiger partial charge in [-0.25, -0.2) is 9.78 Å². The second kappa shape index (κ2) is 8.54. The van der Waals surface area contributed by atoms with Gasteiger partial charge in [-0.3, -0.25) is 4.79 Å². The lowest BCUT2D eigenvalue weighted by Crippen LogP contribution is -2.12. The third-order valence-corrected chi connectivity index (χ3v) is 6.34. The van der Waals surface area contributed by atoms with Crippen LogP contribution < -0.4 is 5.32 Å². The third-order valence-electron chi connectivity index (χ3n) is 6.34. The molecular formula is C27H25N3O3. The van der Waals surface area contributed by atoms with Gasteiger partial charge in [0.2, 0.25) is 0 Å². The van der Waals surface area contributed by atoms with Crippen molar-refractivity contribution in [3.05, 3.63) is 83.4 Å². The van der Waals surface area contributed by atoms with Crippen molar-refractivity contribution in [2.45, 2.75) is 38.6 Å². The second-order valence-corrected chi connectivity index (χ2v) is 8.65. The first-order valence-corrected chi connectivity index (χ1v) is 11.2. The minimum absolute atomic E-state index is 0.166. The van der Waals surface area contributed by atoms with Crippen LogP contribution in [0.25, 0.3) is 22.4 Å². The summed E-state index contributed by atoms with van der Waals surface area (Å²) >= 11 is 0. The van der Waals surface area contributed by atoms with E-state index in [1.807, 2.05) is 49.4 Å². The summed E-state index contributed by atoms with van der Waals surface area (Å²) in [5, 5.41) is 12.3. The molecule has 166 valence electrons. The van der Waals surface area contributed by atoms with Gasteiger partial charge in [-0.2, -0.15) is 0 Å². The number of benzene rings is 3. The Morgan fingerprint density at radius 2 is 1.61 bits per heavy atom. The molecule has 6 heteroatoms. The Hall–Kier alpha value is -3.93. The summed E-state index contributed by atoms with van der Waals surface area (Å²) in [7, 11) is 0. The van der Waals surface area contributed by atoms with Gasteiger partial charge in [0, 0.05) is 22.9 Å². The van der Waals surface area contributed by atoms with E-state index in [4.69, 9.17) is 4.98 Å². The largest absolute Gasteiger partial charge is 0.478 e. The molecule has 0 unspecified atom stereocenters. The molecule has 1 aliphatic carbocycles. The molecule has 0 aliphatic heterocycles. The molecule has 33 heavy (non-hydrogen) atoms. The number of rotatable bonds is 5. The molecule has 0 saturated heterocycles. The first-order chi connectivity index (χ1) is 16.0. The maximum Gasteiger partial charge on any atom is 0.335 e. The third kappa shape index (κ3) is 4.12. The van der Waals surface area contributed by atoms with Gasteiger partial charge in [0.1, 0.15) is 5.82 Å². The van der Waals surface area contributed by atoms with Crippen LogP contribution in [0.3, 0.4) is 0 Å². The van der Waals surface area contributed by atoms with Gasteiger partial charge in [0.25, 0.3) is 5.91 Å². The van der Waals surface area contributed by atoms with E-state index in [1.54, 1.807) is 24.3 Å². The lowest BCUT2D eigenvalue weighted by atomic mass is 10.1. The summed E-state index contributed by atoms with van der Waals surface area (Å²) in [6, 6.07) is 20.6. The number of carboxylic acid groups (broad SMARTS) is 1. The first kappa shape index (κ1) is 20.9. The van der Waals surface area contributed by atoms with Crippen LogP contribution in [-0.2, 0) is 0 Å². The standard InChI is InChI=1S/C27H25N3O3/c1-17-6-13-21(14-7-17)28-26(31)19-10-8-18(9-11-19)25-29-23-16-20(27(32)33)12-15-24(23)30(25)22-4-2-3-5-22/h6-16,22H,2-5H2,1H3,(H,28,31)(H,32,33). The number of nitrogens with one attached hydrogen (secondary N) is 1. The van der Waals surface area contributed by atoms with Crippen LogP contribution in [0.4, 0.5) is 5.69 Å². The summed E-state index contributed by atoms with van der Waals surface area (Å²) in [5.74, 6) is -0.316. The second-order valence-electron chi connectivity index (χ2n) is 8.65. The predicted octanol–water partition coefficient (Wildman–Crippen LogP) is 6.08. The smallest absolute Gasteiger partial charge is 0.335 e. The van der Waals surface area contributed by atoms with Crippen molar-refractivity contribution >= 4 is 28.6 Å². The van der Waals surface area contributed by atoms with Crippen molar-refractivity contribution in [1.82, 2.24) is 9.55 Å². The quantitative estimate of drug-likeness (QED) is 0.395. The summed E-state index contributed by atoms with van der Waals surface area (Å²) in [4.78, 5) is 28.9. The Bertz CT molecular complexity index is 1330. The molecule has 2 N–H and O–H groups in total. The summed E-state index contributed by atoms with van der Waals surface area (Å²) < 4.78 is 2.25. The van der Waals surface area contributed by atoms with Gasteiger partial charge in [0.15, 0.2) is 0 Å². The molecule has 1 aromatic heterocycles. The van der Waals surface area contributed by atoms with Crippen LogP contribution in [0, 0.1) is 6.92 Å². The van der Waals surface area contributed by atoms with Crippen molar-refractivity contribution in [2.24, 2.45) is 0 Å². The number of amides is 1. The molecule has 3 aromatic carbocycles. The van der Waals surface area contributed by atoms with Crippen LogP contribution >= 0.6 is 0 Å². The number of carbonyl (C=O) groups is 2. The van der Waals surface area contributed by atoms with E-state index in [9.17, 15) is 14.7 Å². The molecule has 0 atom stereocenters. The highest BCUT2D eigenvalue weighted by atomic mass is 16.4. The van der Waals surface area contributed by atoms with Crippen LogP contribution in [0.5, 0.6) is 0 Å². The Morgan fingerprint density at radius 3 is 2.27 bits per heavy atom. The van der Waals surface area contributed by atoms with Crippen molar-refractivity contribution in [3.63, 3.8) is 0 Å². The lowest BCUT2D eigenvalue weighted by molar-refractivity contribution is 0.0696. The van der Waals surface area contributed by atoms with Crippen LogP contribution in [0.15, 0.2) is 66.7 Å². The van der Waals surface area contributed by atoms with E-state index in [2.05, 4.69) is 9.88 Å². The molecule has 1 aliphatic rings. The van der Waals surface area contributed by atoms with Gasteiger partial charge in [-0.1, -0.05) is 42.7 Å². The molecule has 6 nitrogen and oxygen atoms in total. The van der Waals surface area contributed by atoms with Crippen molar-refractivity contribution in [1.29, 1.82) is 0 Å². The van der Waals surface area contributed by atoms with Crippen LogP contribution in [0.1, 0.15) is 58.0 Å². The summed E-state index contributed by atoms with van der Waals surface area (Å²) in [6.45, 7) is 2.01. The van der Waals surface area contributed by atoms with E-state index < -0.39 is 5.97 Å². The van der Waals surface area contributed by atoms with Gasteiger partial charge in [-0.05, 0) is 62.2 Å². The van der Waals surface area contributed by atoms with Gasteiger partial charge >= 0.3 is 5.97 Å². The van der Waals surface area contributed by atoms with E-state index >= 15 is 0 Å². The zero-order valence-electron chi connectivity index (χ0n) is 18.4. The highest BCUT2D eigenvalue weighted by Gasteiger charge is 2.24.